The number of unbranched alkanes of at least 4 members (excludes halogenated alkanes) is 22. The molecule has 1 saturated heterocycles. The molecule has 1 aliphatic rings. The van der Waals surface area contributed by atoms with Crippen LogP contribution in [0.1, 0.15) is 194 Å². The van der Waals surface area contributed by atoms with Crippen LogP contribution in [0.2, 0.25) is 0 Å². The number of carbonyl (C=O) groups excluding carboxylic acids is 2. The maximum Gasteiger partial charge on any atom is 0.306 e. The van der Waals surface area contributed by atoms with Crippen molar-refractivity contribution >= 4 is 11.9 Å². The van der Waals surface area contributed by atoms with Crippen LogP contribution in [0.5, 0.6) is 0 Å². The number of ether oxygens (including phenoxy) is 4. The predicted octanol–water partition coefficient (Wildman–Crippen LogP) is 9.33. The maximum absolute atomic E-state index is 12.7. The molecule has 0 aromatic rings. The molecule has 1 aliphatic heterocycles. The van der Waals surface area contributed by atoms with E-state index < -0.39 is 49.4 Å². The lowest BCUT2D eigenvalue weighted by atomic mass is 9.99. The van der Waals surface area contributed by atoms with Crippen molar-refractivity contribution in [3.8, 4) is 0 Å². The third-order valence-corrected chi connectivity index (χ3v) is 10.3. The highest BCUT2D eigenvalue weighted by atomic mass is 16.7. The summed E-state index contributed by atoms with van der Waals surface area (Å²) in [5, 5.41) is 40.0. The Labute approximate surface area is 334 Å². The second-order valence-electron chi connectivity index (χ2n) is 15.5. The molecule has 1 heterocycles. The van der Waals surface area contributed by atoms with E-state index in [0.29, 0.717) is 6.42 Å². The first-order valence-corrected chi connectivity index (χ1v) is 22.4. The number of hydrogen-bond acceptors (Lipinski definition) is 10. The summed E-state index contributed by atoms with van der Waals surface area (Å²) < 4.78 is 22.1. The van der Waals surface area contributed by atoms with Crippen molar-refractivity contribution in [2.75, 3.05) is 19.8 Å². The maximum atomic E-state index is 12.7. The minimum absolute atomic E-state index is 0.211. The van der Waals surface area contributed by atoms with Crippen molar-refractivity contribution in [3.05, 3.63) is 24.3 Å². The lowest BCUT2D eigenvalue weighted by molar-refractivity contribution is -0.305. The van der Waals surface area contributed by atoms with E-state index in [1.165, 1.54) is 103 Å². The van der Waals surface area contributed by atoms with Crippen molar-refractivity contribution in [1.29, 1.82) is 0 Å². The van der Waals surface area contributed by atoms with E-state index in [2.05, 4.69) is 38.2 Å². The Bertz CT molecular complexity index is 954. The van der Waals surface area contributed by atoms with Gasteiger partial charge < -0.3 is 39.4 Å². The van der Waals surface area contributed by atoms with Gasteiger partial charge in [-0.1, -0.05) is 141 Å². The Hall–Kier alpha value is -1.82. The summed E-state index contributed by atoms with van der Waals surface area (Å²) in [6, 6.07) is 0. The predicted molar refractivity (Wildman–Crippen MR) is 219 cm³/mol. The van der Waals surface area contributed by atoms with Crippen molar-refractivity contribution in [3.63, 3.8) is 0 Å². The molecule has 0 amide bonds. The van der Waals surface area contributed by atoms with Gasteiger partial charge in [0, 0.05) is 12.8 Å². The van der Waals surface area contributed by atoms with Crippen LogP contribution < -0.4 is 0 Å². The molecule has 4 N–H and O–H groups in total. The molecule has 0 radical (unpaired) electrons. The molecular weight excluding hydrogens is 700 g/mol. The van der Waals surface area contributed by atoms with Gasteiger partial charge >= 0.3 is 11.9 Å². The normalized spacial score (nSPS) is 20.7. The Balaban J connectivity index is 2.34. The molecule has 0 saturated carbocycles. The number of aliphatic hydroxyl groups excluding tert-OH is 4. The SMILES string of the molecule is CCCCCC/C=C/CCCCCCCCCC(=O)OC[C@@H](CO[C@H]1O[C@@H](CO)[C@@H](O)C(O)C1O)OC(=O)CCCCC/C=C/CCCCCCCCCC. The Morgan fingerprint density at radius 3 is 1.45 bits per heavy atom. The van der Waals surface area contributed by atoms with Crippen LogP contribution >= 0.6 is 0 Å². The van der Waals surface area contributed by atoms with Gasteiger partial charge in [-0.25, -0.2) is 0 Å². The molecule has 1 rings (SSSR count). The average Bonchev–Trinajstić information content (AvgIpc) is 3.18. The highest BCUT2D eigenvalue weighted by Gasteiger charge is 2.44. The summed E-state index contributed by atoms with van der Waals surface area (Å²) in [7, 11) is 0. The molecule has 10 nitrogen and oxygen atoms in total. The molecule has 0 aromatic carbocycles. The minimum atomic E-state index is -1.60. The van der Waals surface area contributed by atoms with E-state index in [4.69, 9.17) is 18.9 Å². The molecule has 0 aliphatic carbocycles. The Kier molecular flexibility index (Phi) is 34.0. The molecule has 0 aromatic heterocycles. The molecule has 1 fully saturated rings. The van der Waals surface area contributed by atoms with Gasteiger partial charge in [-0.3, -0.25) is 9.59 Å². The first kappa shape index (κ1) is 51.2. The standard InChI is InChI=1S/C45H82O10/c1-3-5-7-9-11-13-15-17-19-21-23-25-27-29-31-33-40(47)52-36-38(37-53-45-44(51)43(50)42(49)39(35-46)55-45)54-41(48)34-32-30-28-26-24-22-20-18-16-14-12-10-8-6-4-2/h13,15,22,24,38-39,42-46,49-51H,3-12,14,16-21,23,25-37H2,1-2H3/b15-13+,24-22+/t38-,39-,42+,43?,44?,45-/m0/s1. The summed E-state index contributed by atoms with van der Waals surface area (Å²) in [5.74, 6) is -0.826. The third kappa shape index (κ3) is 28.3. The topological polar surface area (TPSA) is 152 Å². The van der Waals surface area contributed by atoms with E-state index in [-0.39, 0.29) is 32.0 Å². The number of hydrogen-bond donors (Lipinski definition) is 4. The first-order valence-electron chi connectivity index (χ1n) is 22.4. The van der Waals surface area contributed by atoms with Crippen LogP contribution in [-0.4, -0.2) is 89.0 Å². The van der Waals surface area contributed by atoms with Crippen molar-refractivity contribution in [1.82, 2.24) is 0 Å². The van der Waals surface area contributed by atoms with E-state index >= 15 is 0 Å². The molecule has 0 bridgehead atoms. The highest BCUT2D eigenvalue weighted by Crippen LogP contribution is 2.22. The van der Waals surface area contributed by atoms with Crippen LogP contribution in [0.15, 0.2) is 24.3 Å². The number of carbonyl (C=O) groups is 2. The average molecular weight is 783 g/mol. The van der Waals surface area contributed by atoms with Gasteiger partial charge in [0.1, 0.15) is 31.0 Å². The van der Waals surface area contributed by atoms with Crippen LogP contribution in [0, 0.1) is 0 Å². The fraction of sp³-hybridized carbons (Fsp3) is 0.867. The molecule has 6 atom stereocenters. The molecule has 0 spiro atoms. The minimum Gasteiger partial charge on any atom is -0.462 e. The Morgan fingerprint density at radius 2 is 0.964 bits per heavy atom. The summed E-state index contributed by atoms with van der Waals surface area (Å²) >= 11 is 0. The van der Waals surface area contributed by atoms with Gasteiger partial charge in [-0.15, -0.1) is 0 Å². The number of rotatable bonds is 37. The van der Waals surface area contributed by atoms with E-state index in [9.17, 15) is 30.0 Å². The summed E-state index contributed by atoms with van der Waals surface area (Å²) in [6.45, 7) is 3.39. The van der Waals surface area contributed by atoms with E-state index in [1.807, 2.05) is 0 Å². The van der Waals surface area contributed by atoms with E-state index in [1.54, 1.807) is 0 Å². The first-order chi connectivity index (χ1) is 26.8. The van der Waals surface area contributed by atoms with Gasteiger partial charge in [-0.2, -0.15) is 0 Å². The van der Waals surface area contributed by atoms with Gasteiger partial charge in [0.2, 0.25) is 0 Å². The number of allylic oxidation sites excluding steroid dienone is 4. The van der Waals surface area contributed by atoms with Gasteiger partial charge in [0.25, 0.3) is 0 Å². The van der Waals surface area contributed by atoms with Crippen LogP contribution in [-0.2, 0) is 28.5 Å². The van der Waals surface area contributed by atoms with Gasteiger partial charge in [0.15, 0.2) is 12.4 Å². The number of aliphatic hydroxyl groups is 4. The van der Waals surface area contributed by atoms with Crippen LogP contribution in [0.4, 0.5) is 0 Å². The van der Waals surface area contributed by atoms with Crippen molar-refractivity contribution < 1.29 is 49.0 Å². The zero-order valence-corrected chi connectivity index (χ0v) is 34.9. The monoisotopic (exact) mass is 783 g/mol. The lowest BCUT2D eigenvalue weighted by Crippen LogP contribution is -2.59. The quantitative estimate of drug-likeness (QED) is 0.0273. The number of esters is 2. The molecular formula is C45H82O10. The van der Waals surface area contributed by atoms with E-state index in [0.717, 1.165) is 57.8 Å². The molecule has 2 unspecified atom stereocenters. The summed E-state index contributed by atoms with van der Waals surface area (Å²) in [6.07, 6.45) is 31.8. The van der Waals surface area contributed by atoms with Gasteiger partial charge in [0.05, 0.1) is 13.2 Å². The fourth-order valence-electron chi connectivity index (χ4n) is 6.71. The van der Waals surface area contributed by atoms with Crippen LogP contribution in [0.3, 0.4) is 0 Å². The summed E-state index contributed by atoms with van der Waals surface area (Å²) in [5.41, 5.74) is 0. The summed E-state index contributed by atoms with van der Waals surface area (Å²) in [4.78, 5) is 25.3. The third-order valence-electron chi connectivity index (χ3n) is 10.3. The Morgan fingerprint density at radius 1 is 0.545 bits per heavy atom. The zero-order valence-electron chi connectivity index (χ0n) is 34.9. The highest BCUT2D eigenvalue weighted by molar-refractivity contribution is 5.70. The van der Waals surface area contributed by atoms with Crippen LogP contribution in [0.25, 0.3) is 0 Å². The molecule has 10 heteroatoms. The largest absolute Gasteiger partial charge is 0.462 e. The second kappa shape index (κ2) is 36.5. The van der Waals surface area contributed by atoms with Crippen molar-refractivity contribution in [2.45, 2.75) is 230 Å². The molecule has 322 valence electrons. The van der Waals surface area contributed by atoms with Crippen molar-refractivity contribution in [2.24, 2.45) is 0 Å². The molecule has 55 heavy (non-hydrogen) atoms. The fourth-order valence-corrected chi connectivity index (χ4v) is 6.71. The lowest BCUT2D eigenvalue weighted by Gasteiger charge is -2.39. The smallest absolute Gasteiger partial charge is 0.306 e. The van der Waals surface area contributed by atoms with Gasteiger partial charge in [-0.05, 0) is 64.2 Å². The zero-order chi connectivity index (χ0) is 40.2. The second-order valence-corrected chi connectivity index (χ2v) is 15.5.